The Balaban J connectivity index is 1.63. The van der Waals surface area contributed by atoms with Crippen LogP contribution in [-0.2, 0) is 7.05 Å². The van der Waals surface area contributed by atoms with Crippen LogP contribution in [-0.4, -0.2) is 35.6 Å². The fraction of sp³-hybridized carbons (Fsp3) is 0.118. The Morgan fingerprint density at radius 1 is 1.24 bits per heavy atom. The lowest BCUT2D eigenvalue weighted by Crippen LogP contribution is -2.12. The Bertz CT molecular complexity index is 1080. The number of carbonyl (C=O) groups excluding carboxylic acids is 1. The molecule has 0 radical (unpaired) electrons. The number of rotatable bonds is 3. The van der Waals surface area contributed by atoms with Crippen molar-refractivity contribution in [3.8, 4) is 11.4 Å². The second-order valence-corrected chi connectivity index (χ2v) is 5.69. The monoisotopic (exact) mass is 333 g/mol. The van der Waals surface area contributed by atoms with Crippen LogP contribution in [0.15, 0.2) is 43.0 Å². The van der Waals surface area contributed by atoms with Crippen molar-refractivity contribution < 1.29 is 4.79 Å². The summed E-state index contributed by atoms with van der Waals surface area (Å²) in [6.07, 6.45) is 6.60. The molecule has 4 rings (SSSR count). The number of pyridine rings is 1. The van der Waals surface area contributed by atoms with Gasteiger partial charge in [0.05, 0.1) is 28.7 Å². The second kappa shape index (κ2) is 5.82. The number of carbonyl (C=O) groups is 1. The Hall–Kier alpha value is -3.55. The molecule has 4 heterocycles. The normalized spacial score (nSPS) is 11.0. The summed E-state index contributed by atoms with van der Waals surface area (Å²) >= 11 is 0. The molecule has 0 fully saturated rings. The fourth-order valence-corrected chi connectivity index (χ4v) is 2.57. The molecule has 4 aromatic heterocycles. The van der Waals surface area contributed by atoms with E-state index in [0.717, 1.165) is 22.3 Å². The first-order chi connectivity index (χ1) is 12.1. The number of aryl methyl sites for hydroxylation is 2. The second-order valence-electron chi connectivity index (χ2n) is 5.69. The Labute approximate surface area is 143 Å². The van der Waals surface area contributed by atoms with Crippen molar-refractivity contribution in [1.82, 2.24) is 29.7 Å². The smallest absolute Gasteiger partial charge is 0.260 e. The minimum absolute atomic E-state index is 0.252. The molecule has 25 heavy (non-hydrogen) atoms. The molecule has 0 aliphatic heterocycles. The molecule has 0 atom stereocenters. The van der Waals surface area contributed by atoms with Gasteiger partial charge in [0, 0.05) is 37.1 Å². The van der Waals surface area contributed by atoms with Gasteiger partial charge in [-0.05, 0) is 19.1 Å². The van der Waals surface area contributed by atoms with E-state index in [-0.39, 0.29) is 5.91 Å². The van der Waals surface area contributed by atoms with E-state index in [4.69, 9.17) is 0 Å². The van der Waals surface area contributed by atoms with Crippen LogP contribution in [0.1, 0.15) is 16.2 Å². The molecule has 4 aromatic rings. The first-order valence-corrected chi connectivity index (χ1v) is 7.67. The van der Waals surface area contributed by atoms with Gasteiger partial charge in [-0.2, -0.15) is 5.10 Å². The van der Waals surface area contributed by atoms with Crippen LogP contribution in [0.3, 0.4) is 0 Å². The Morgan fingerprint density at radius 3 is 2.88 bits per heavy atom. The number of fused-ring (bicyclic) bond motifs is 1. The van der Waals surface area contributed by atoms with E-state index in [1.165, 1.54) is 6.20 Å². The van der Waals surface area contributed by atoms with Gasteiger partial charge >= 0.3 is 0 Å². The van der Waals surface area contributed by atoms with Crippen LogP contribution >= 0.6 is 0 Å². The zero-order valence-corrected chi connectivity index (χ0v) is 13.7. The average molecular weight is 333 g/mol. The molecule has 0 aliphatic rings. The first-order valence-electron chi connectivity index (χ1n) is 7.67. The molecule has 124 valence electrons. The summed E-state index contributed by atoms with van der Waals surface area (Å²) < 4.78 is 1.58. The number of nitrogens with zero attached hydrogens (tertiary/aromatic N) is 5. The lowest BCUT2D eigenvalue weighted by Gasteiger charge is -2.02. The van der Waals surface area contributed by atoms with Gasteiger partial charge in [0.15, 0.2) is 0 Å². The Morgan fingerprint density at radius 2 is 2.12 bits per heavy atom. The highest BCUT2D eigenvalue weighted by atomic mass is 16.1. The van der Waals surface area contributed by atoms with E-state index in [1.807, 2.05) is 19.1 Å². The van der Waals surface area contributed by atoms with Gasteiger partial charge in [0.25, 0.3) is 5.91 Å². The third kappa shape index (κ3) is 2.97. The number of nitrogens with one attached hydrogen (secondary N) is 2. The largest absolute Gasteiger partial charge is 0.353 e. The molecule has 0 spiro atoms. The molecular formula is C17H15N7O. The number of H-pyrrole nitrogens is 1. The lowest BCUT2D eigenvalue weighted by atomic mass is 10.2. The van der Waals surface area contributed by atoms with E-state index in [9.17, 15) is 4.79 Å². The van der Waals surface area contributed by atoms with E-state index in [1.54, 1.807) is 36.4 Å². The molecule has 8 heteroatoms. The van der Waals surface area contributed by atoms with Crippen LogP contribution in [0.25, 0.3) is 22.3 Å². The third-order valence-corrected chi connectivity index (χ3v) is 3.76. The molecule has 0 saturated heterocycles. The number of amides is 1. The molecule has 0 aromatic carbocycles. The lowest BCUT2D eigenvalue weighted by molar-refractivity contribution is 0.102. The average Bonchev–Trinajstić information content (AvgIpc) is 3.20. The quantitative estimate of drug-likeness (QED) is 0.599. The van der Waals surface area contributed by atoms with Crippen molar-refractivity contribution in [3.05, 3.63) is 54.4 Å². The molecule has 2 N–H and O–H groups in total. The minimum Gasteiger partial charge on any atom is -0.353 e. The van der Waals surface area contributed by atoms with Gasteiger partial charge in [-0.25, -0.2) is 15.0 Å². The van der Waals surface area contributed by atoms with Gasteiger partial charge in [-0.3, -0.25) is 9.48 Å². The van der Waals surface area contributed by atoms with Crippen LogP contribution in [0.4, 0.5) is 5.82 Å². The van der Waals surface area contributed by atoms with Gasteiger partial charge < -0.3 is 10.3 Å². The minimum atomic E-state index is -0.252. The van der Waals surface area contributed by atoms with Crippen LogP contribution in [0, 0.1) is 6.92 Å². The summed E-state index contributed by atoms with van der Waals surface area (Å²) in [6.45, 7) is 1.85. The van der Waals surface area contributed by atoms with Gasteiger partial charge in [-0.15, -0.1) is 0 Å². The number of hydrogen-bond donors (Lipinski definition) is 2. The highest BCUT2D eigenvalue weighted by Crippen LogP contribution is 2.23. The van der Waals surface area contributed by atoms with Crippen LogP contribution in [0.5, 0.6) is 0 Å². The third-order valence-electron chi connectivity index (χ3n) is 3.76. The molecule has 0 bridgehead atoms. The highest BCUT2D eigenvalue weighted by molar-refractivity contribution is 6.04. The summed E-state index contributed by atoms with van der Waals surface area (Å²) in [5, 5.41) is 7.70. The zero-order valence-electron chi connectivity index (χ0n) is 13.7. The summed E-state index contributed by atoms with van der Waals surface area (Å²) in [5.74, 6) is 0.922. The summed E-state index contributed by atoms with van der Waals surface area (Å²) in [4.78, 5) is 28.3. The Kier molecular flexibility index (Phi) is 3.50. The van der Waals surface area contributed by atoms with E-state index >= 15 is 0 Å². The van der Waals surface area contributed by atoms with Gasteiger partial charge in [0.2, 0.25) is 0 Å². The number of aromatic amines is 1. The summed E-state index contributed by atoms with van der Waals surface area (Å²) in [5.41, 5.74) is 3.03. The summed E-state index contributed by atoms with van der Waals surface area (Å²) in [7, 11) is 1.76. The molecule has 0 aliphatic carbocycles. The van der Waals surface area contributed by atoms with E-state index in [2.05, 4.69) is 30.4 Å². The predicted octanol–water partition coefficient (Wildman–Crippen LogP) is 2.31. The molecule has 8 nitrogen and oxygen atoms in total. The molecule has 1 amide bonds. The zero-order chi connectivity index (χ0) is 17.4. The summed E-state index contributed by atoms with van der Waals surface area (Å²) in [6, 6.07) is 5.61. The predicted molar refractivity (Wildman–Crippen MR) is 93.0 cm³/mol. The van der Waals surface area contributed by atoms with Crippen LogP contribution < -0.4 is 5.32 Å². The van der Waals surface area contributed by atoms with Crippen molar-refractivity contribution >= 4 is 22.6 Å². The van der Waals surface area contributed by atoms with Crippen molar-refractivity contribution in [2.45, 2.75) is 6.92 Å². The SMILES string of the molecule is Cc1nccc(-c2cc3cnc(NC(=O)c4cnn(C)c4)cc3[nH]2)n1. The molecule has 0 unspecified atom stereocenters. The maximum absolute atomic E-state index is 12.2. The van der Waals surface area contributed by atoms with Crippen molar-refractivity contribution in [3.63, 3.8) is 0 Å². The van der Waals surface area contributed by atoms with Gasteiger partial charge in [-0.1, -0.05) is 0 Å². The molecular weight excluding hydrogens is 318 g/mol. The van der Waals surface area contributed by atoms with Crippen molar-refractivity contribution in [1.29, 1.82) is 0 Å². The highest BCUT2D eigenvalue weighted by Gasteiger charge is 2.11. The molecule has 0 saturated carbocycles. The van der Waals surface area contributed by atoms with Crippen molar-refractivity contribution in [2.24, 2.45) is 7.05 Å². The van der Waals surface area contributed by atoms with Crippen molar-refractivity contribution in [2.75, 3.05) is 5.32 Å². The van der Waals surface area contributed by atoms with E-state index < -0.39 is 0 Å². The topological polar surface area (TPSA) is 101 Å². The van der Waals surface area contributed by atoms with Gasteiger partial charge in [0.1, 0.15) is 11.6 Å². The first kappa shape index (κ1) is 15.0. The van der Waals surface area contributed by atoms with Crippen LogP contribution in [0.2, 0.25) is 0 Å². The maximum atomic E-state index is 12.2. The maximum Gasteiger partial charge on any atom is 0.260 e. The number of anilines is 1. The fourth-order valence-electron chi connectivity index (χ4n) is 2.57. The number of hydrogen-bond acceptors (Lipinski definition) is 5. The van der Waals surface area contributed by atoms with E-state index in [0.29, 0.717) is 17.2 Å². The number of aromatic nitrogens is 6. The standard InChI is InChI=1S/C17H15N7O/c1-10-18-4-3-13(21-10)15-5-11-7-19-16(6-14(11)22-15)23-17(25)12-8-20-24(2)9-12/h3-9,22H,1-2H3,(H,19,23,25).